The van der Waals surface area contributed by atoms with Gasteiger partial charge in [0.25, 0.3) is 5.91 Å². The van der Waals surface area contributed by atoms with Crippen molar-refractivity contribution in [1.82, 2.24) is 4.90 Å². The Morgan fingerprint density at radius 2 is 2.24 bits per heavy atom. The van der Waals surface area contributed by atoms with E-state index in [1.165, 1.54) is 23.1 Å². The number of morpholine rings is 1. The maximum absolute atomic E-state index is 13.1. The van der Waals surface area contributed by atoms with Crippen LogP contribution in [-0.4, -0.2) is 42.0 Å². The Hall–Kier alpha value is -1.66. The molecule has 1 atom stereocenters. The minimum atomic E-state index is -1.17. The highest BCUT2D eigenvalue weighted by Gasteiger charge is 2.39. The number of nitrogens with two attached hydrogens (primary N) is 1. The molecule has 7 heteroatoms. The van der Waals surface area contributed by atoms with E-state index in [0.717, 1.165) is 0 Å². The molecule has 0 aromatic heterocycles. The molecule has 1 aromatic carbocycles. The SMILES string of the molecule is C[C@@]1(C(N)=O)CN(C(=O)Cc2ccc(F)c(Cl)c2)CCO1. The van der Waals surface area contributed by atoms with Crippen molar-refractivity contribution in [3.8, 4) is 0 Å². The van der Waals surface area contributed by atoms with Crippen molar-refractivity contribution in [2.24, 2.45) is 5.73 Å². The number of primary amides is 1. The number of nitrogens with zero attached hydrogens (tertiary/aromatic N) is 1. The Morgan fingerprint density at radius 1 is 1.52 bits per heavy atom. The van der Waals surface area contributed by atoms with Crippen molar-refractivity contribution < 1.29 is 18.7 Å². The lowest BCUT2D eigenvalue weighted by atomic mass is 10.0. The Morgan fingerprint density at radius 3 is 2.86 bits per heavy atom. The molecule has 21 heavy (non-hydrogen) atoms. The molecule has 1 aliphatic heterocycles. The van der Waals surface area contributed by atoms with Crippen LogP contribution in [0.4, 0.5) is 4.39 Å². The van der Waals surface area contributed by atoms with E-state index in [2.05, 4.69) is 0 Å². The van der Waals surface area contributed by atoms with Gasteiger partial charge in [0.15, 0.2) is 5.60 Å². The molecular weight excluding hydrogens is 299 g/mol. The lowest BCUT2D eigenvalue weighted by molar-refractivity contribution is -0.160. The number of amides is 2. The minimum absolute atomic E-state index is 0.0238. The first-order valence-corrected chi connectivity index (χ1v) is 6.85. The molecule has 2 amide bonds. The highest BCUT2D eigenvalue weighted by molar-refractivity contribution is 6.30. The van der Waals surface area contributed by atoms with Gasteiger partial charge in [-0.2, -0.15) is 0 Å². The van der Waals surface area contributed by atoms with Crippen LogP contribution in [0.1, 0.15) is 12.5 Å². The van der Waals surface area contributed by atoms with Crippen LogP contribution in [0, 0.1) is 5.82 Å². The Labute approximate surface area is 126 Å². The van der Waals surface area contributed by atoms with Crippen LogP contribution >= 0.6 is 11.6 Å². The summed E-state index contributed by atoms with van der Waals surface area (Å²) in [6.45, 7) is 2.30. The molecule has 0 bridgehead atoms. The van der Waals surface area contributed by atoms with Crippen molar-refractivity contribution in [2.45, 2.75) is 18.9 Å². The summed E-state index contributed by atoms with van der Waals surface area (Å²) < 4.78 is 18.4. The second-order valence-electron chi connectivity index (χ2n) is 5.18. The van der Waals surface area contributed by atoms with Crippen molar-refractivity contribution in [3.63, 3.8) is 0 Å². The summed E-state index contributed by atoms with van der Waals surface area (Å²) in [5.74, 6) is -1.32. The quantitative estimate of drug-likeness (QED) is 0.909. The van der Waals surface area contributed by atoms with Crippen LogP contribution in [-0.2, 0) is 20.7 Å². The summed E-state index contributed by atoms with van der Waals surface area (Å²) in [7, 11) is 0. The van der Waals surface area contributed by atoms with Gasteiger partial charge in [-0.05, 0) is 24.6 Å². The number of hydrogen-bond acceptors (Lipinski definition) is 3. The first-order chi connectivity index (χ1) is 9.82. The van der Waals surface area contributed by atoms with E-state index in [-0.39, 0.29) is 30.5 Å². The molecule has 1 aliphatic rings. The van der Waals surface area contributed by atoms with Gasteiger partial charge < -0.3 is 15.4 Å². The highest BCUT2D eigenvalue weighted by atomic mass is 35.5. The number of carbonyl (C=O) groups excluding carboxylic acids is 2. The summed E-state index contributed by atoms with van der Waals surface area (Å²) >= 11 is 5.69. The number of rotatable bonds is 3. The molecule has 0 saturated carbocycles. The fourth-order valence-corrected chi connectivity index (χ4v) is 2.37. The zero-order valence-electron chi connectivity index (χ0n) is 11.6. The van der Waals surface area contributed by atoms with E-state index in [0.29, 0.717) is 12.1 Å². The van der Waals surface area contributed by atoms with Crippen molar-refractivity contribution in [2.75, 3.05) is 19.7 Å². The van der Waals surface area contributed by atoms with Gasteiger partial charge in [-0.3, -0.25) is 9.59 Å². The van der Waals surface area contributed by atoms with Crippen LogP contribution in [0.15, 0.2) is 18.2 Å². The van der Waals surface area contributed by atoms with Crippen LogP contribution in [0.2, 0.25) is 5.02 Å². The number of carbonyl (C=O) groups is 2. The van der Waals surface area contributed by atoms with Gasteiger partial charge in [0, 0.05) is 6.54 Å². The molecule has 0 aliphatic carbocycles. The summed E-state index contributed by atoms with van der Waals surface area (Å²) in [6.07, 6.45) is 0.0782. The molecule has 0 radical (unpaired) electrons. The van der Waals surface area contributed by atoms with E-state index in [1.54, 1.807) is 6.92 Å². The molecule has 2 N–H and O–H groups in total. The molecule has 2 rings (SSSR count). The third-order valence-corrected chi connectivity index (χ3v) is 3.78. The fourth-order valence-electron chi connectivity index (χ4n) is 2.17. The van der Waals surface area contributed by atoms with Gasteiger partial charge in [0.1, 0.15) is 5.82 Å². The smallest absolute Gasteiger partial charge is 0.251 e. The normalized spacial score (nSPS) is 22.1. The fraction of sp³-hybridized carbons (Fsp3) is 0.429. The summed E-state index contributed by atoms with van der Waals surface area (Å²) in [5.41, 5.74) is 4.73. The predicted molar refractivity (Wildman–Crippen MR) is 75.2 cm³/mol. The molecule has 114 valence electrons. The maximum Gasteiger partial charge on any atom is 0.251 e. The van der Waals surface area contributed by atoms with Crippen LogP contribution in [0.3, 0.4) is 0 Å². The van der Waals surface area contributed by atoms with E-state index in [1.807, 2.05) is 0 Å². The predicted octanol–water partition coefficient (Wildman–Crippen LogP) is 1.12. The Bertz CT molecular complexity index is 581. The molecule has 1 aromatic rings. The average molecular weight is 315 g/mol. The monoisotopic (exact) mass is 314 g/mol. The van der Waals surface area contributed by atoms with Gasteiger partial charge in [-0.15, -0.1) is 0 Å². The topological polar surface area (TPSA) is 72.6 Å². The zero-order chi connectivity index (χ0) is 15.6. The molecule has 1 fully saturated rings. The van der Waals surface area contributed by atoms with E-state index >= 15 is 0 Å². The Balaban J connectivity index is 2.06. The minimum Gasteiger partial charge on any atom is -0.367 e. The van der Waals surface area contributed by atoms with E-state index in [9.17, 15) is 14.0 Å². The second-order valence-corrected chi connectivity index (χ2v) is 5.59. The Kier molecular flexibility index (Phi) is 4.49. The standard InChI is InChI=1S/C14H16ClFN2O3/c1-14(13(17)20)8-18(4-5-21-14)12(19)7-9-2-3-11(16)10(15)6-9/h2-3,6H,4-5,7-8H2,1H3,(H2,17,20)/t14-/m0/s1. The van der Waals surface area contributed by atoms with E-state index in [4.69, 9.17) is 22.1 Å². The molecule has 0 spiro atoms. The van der Waals surface area contributed by atoms with Crippen molar-refractivity contribution in [1.29, 1.82) is 0 Å². The summed E-state index contributed by atoms with van der Waals surface area (Å²) in [4.78, 5) is 25.2. The van der Waals surface area contributed by atoms with Gasteiger partial charge in [-0.1, -0.05) is 17.7 Å². The highest BCUT2D eigenvalue weighted by Crippen LogP contribution is 2.20. The van der Waals surface area contributed by atoms with Gasteiger partial charge in [0.05, 0.1) is 24.6 Å². The van der Waals surface area contributed by atoms with Crippen molar-refractivity contribution >= 4 is 23.4 Å². The molecule has 5 nitrogen and oxygen atoms in total. The van der Waals surface area contributed by atoms with Crippen LogP contribution in [0.25, 0.3) is 0 Å². The average Bonchev–Trinajstić information content (AvgIpc) is 2.43. The zero-order valence-corrected chi connectivity index (χ0v) is 12.3. The third kappa shape index (κ3) is 3.51. The van der Waals surface area contributed by atoms with Gasteiger partial charge >= 0.3 is 0 Å². The summed E-state index contributed by atoms with van der Waals surface area (Å²) in [5, 5.41) is -0.0238. The third-order valence-electron chi connectivity index (χ3n) is 3.49. The largest absolute Gasteiger partial charge is 0.367 e. The number of halogens is 2. The molecule has 0 unspecified atom stereocenters. The van der Waals surface area contributed by atoms with Crippen molar-refractivity contribution in [3.05, 3.63) is 34.6 Å². The second kappa shape index (κ2) is 5.99. The van der Waals surface area contributed by atoms with Crippen LogP contribution < -0.4 is 5.73 Å². The molecule has 1 saturated heterocycles. The lowest BCUT2D eigenvalue weighted by Crippen LogP contribution is -2.58. The molecule has 1 heterocycles. The number of benzene rings is 1. The lowest BCUT2D eigenvalue weighted by Gasteiger charge is -2.38. The van der Waals surface area contributed by atoms with Crippen LogP contribution in [0.5, 0.6) is 0 Å². The number of ether oxygens (including phenoxy) is 1. The summed E-state index contributed by atoms with van der Waals surface area (Å²) in [6, 6.07) is 4.15. The first-order valence-electron chi connectivity index (χ1n) is 6.47. The maximum atomic E-state index is 13.1. The number of hydrogen-bond donors (Lipinski definition) is 1. The van der Waals surface area contributed by atoms with E-state index < -0.39 is 17.3 Å². The van der Waals surface area contributed by atoms with Gasteiger partial charge in [-0.25, -0.2) is 4.39 Å². The molecular formula is C14H16ClFN2O3. The first kappa shape index (κ1) is 15.7. The van der Waals surface area contributed by atoms with Gasteiger partial charge in [0.2, 0.25) is 5.91 Å².